The van der Waals surface area contributed by atoms with Gasteiger partial charge in [0.1, 0.15) is 5.75 Å². The number of ether oxygens (including phenoxy) is 1. The molecular formula is C14H20O2. The molecule has 2 heteroatoms. The van der Waals surface area contributed by atoms with Crippen molar-refractivity contribution in [2.75, 3.05) is 6.61 Å². The molecule has 0 aliphatic rings. The van der Waals surface area contributed by atoms with Gasteiger partial charge in [-0.3, -0.25) is 4.79 Å². The maximum absolute atomic E-state index is 11.1. The highest BCUT2D eigenvalue weighted by Gasteiger charge is 2.03. The Hall–Kier alpha value is -1.31. The van der Waals surface area contributed by atoms with E-state index >= 15 is 0 Å². The van der Waals surface area contributed by atoms with Gasteiger partial charge >= 0.3 is 0 Å². The molecule has 0 aliphatic carbocycles. The monoisotopic (exact) mass is 220 g/mol. The van der Waals surface area contributed by atoms with Gasteiger partial charge in [-0.25, -0.2) is 0 Å². The lowest BCUT2D eigenvalue weighted by Crippen LogP contribution is -2.08. The van der Waals surface area contributed by atoms with Crippen molar-refractivity contribution in [3.63, 3.8) is 0 Å². The minimum absolute atomic E-state index is 0.0888. The molecule has 0 aliphatic heterocycles. The largest absolute Gasteiger partial charge is 0.493 e. The van der Waals surface area contributed by atoms with Gasteiger partial charge < -0.3 is 4.74 Å². The topological polar surface area (TPSA) is 26.3 Å². The maximum Gasteiger partial charge on any atom is 0.159 e. The first-order chi connectivity index (χ1) is 7.63. The van der Waals surface area contributed by atoms with Gasteiger partial charge in [-0.05, 0) is 43.5 Å². The second-order valence-corrected chi connectivity index (χ2v) is 4.29. The van der Waals surface area contributed by atoms with Crippen LogP contribution in [0.2, 0.25) is 0 Å². The summed E-state index contributed by atoms with van der Waals surface area (Å²) in [6, 6.07) is 7.33. The molecule has 2 nitrogen and oxygen atoms in total. The van der Waals surface area contributed by atoms with Gasteiger partial charge in [0, 0.05) is 5.56 Å². The lowest BCUT2D eigenvalue weighted by atomic mass is 10.1. The van der Waals surface area contributed by atoms with Crippen molar-refractivity contribution >= 4 is 5.78 Å². The van der Waals surface area contributed by atoms with Crippen LogP contribution in [0.25, 0.3) is 0 Å². The van der Waals surface area contributed by atoms with E-state index in [9.17, 15) is 4.79 Å². The molecule has 0 amide bonds. The Kier molecular flexibility index (Phi) is 5.03. The molecule has 0 heterocycles. The van der Waals surface area contributed by atoms with Crippen LogP contribution < -0.4 is 4.74 Å². The Balaban J connectivity index is 2.46. The van der Waals surface area contributed by atoms with Crippen LogP contribution in [0.4, 0.5) is 0 Å². The molecule has 0 saturated heterocycles. The molecule has 0 bridgehead atoms. The lowest BCUT2D eigenvalue weighted by molar-refractivity contribution is 0.101. The number of hydrogen-bond acceptors (Lipinski definition) is 2. The molecule has 0 saturated carbocycles. The fourth-order valence-corrected chi connectivity index (χ4v) is 1.60. The Bertz CT molecular complexity index is 327. The van der Waals surface area contributed by atoms with E-state index < -0.39 is 0 Å². The van der Waals surface area contributed by atoms with Crippen LogP contribution in [0.1, 0.15) is 44.0 Å². The fraction of sp³-hybridized carbons (Fsp3) is 0.500. The van der Waals surface area contributed by atoms with Crippen molar-refractivity contribution in [1.82, 2.24) is 0 Å². The van der Waals surface area contributed by atoms with E-state index in [0.29, 0.717) is 5.92 Å². The van der Waals surface area contributed by atoms with E-state index in [-0.39, 0.29) is 5.78 Å². The number of hydrogen-bond donors (Lipinski definition) is 0. The Morgan fingerprint density at radius 1 is 1.31 bits per heavy atom. The highest BCUT2D eigenvalue weighted by atomic mass is 16.5. The zero-order valence-corrected chi connectivity index (χ0v) is 10.3. The predicted octanol–water partition coefficient (Wildman–Crippen LogP) is 3.70. The van der Waals surface area contributed by atoms with Crippen molar-refractivity contribution in [1.29, 1.82) is 0 Å². The Morgan fingerprint density at radius 3 is 2.44 bits per heavy atom. The Labute approximate surface area is 97.6 Å². The standard InChI is InChI=1S/C14H20O2/c1-4-5-11(2)10-16-14-8-6-13(7-9-14)12(3)15/h6-9,11H,4-5,10H2,1-3H3. The summed E-state index contributed by atoms with van der Waals surface area (Å²) in [5.41, 5.74) is 0.731. The van der Waals surface area contributed by atoms with E-state index in [1.54, 1.807) is 6.92 Å². The first-order valence-electron chi connectivity index (χ1n) is 5.87. The summed E-state index contributed by atoms with van der Waals surface area (Å²) in [6.45, 7) is 6.68. The molecule has 0 N–H and O–H groups in total. The van der Waals surface area contributed by atoms with Gasteiger partial charge in [0.25, 0.3) is 0 Å². The van der Waals surface area contributed by atoms with Gasteiger partial charge in [-0.2, -0.15) is 0 Å². The average molecular weight is 220 g/mol. The molecule has 88 valence electrons. The number of rotatable bonds is 6. The highest BCUT2D eigenvalue weighted by Crippen LogP contribution is 2.14. The number of Topliss-reactive ketones (excluding diaryl/α,β-unsaturated/α-hetero) is 1. The molecular weight excluding hydrogens is 200 g/mol. The van der Waals surface area contributed by atoms with Gasteiger partial charge in [-0.1, -0.05) is 20.3 Å². The molecule has 0 spiro atoms. The summed E-state index contributed by atoms with van der Waals surface area (Å²) >= 11 is 0. The number of carbonyl (C=O) groups excluding carboxylic acids is 1. The van der Waals surface area contributed by atoms with Crippen LogP contribution >= 0.6 is 0 Å². The van der Waals surface area contributed by atoms with Crippen LogP contribution in [0.5, 0.6) is 5.75 Å². The minimum Gasteiger partial charge on any atom is -0.493 e. The van der Waals surface area contributed by atoms with Crippen LogP contribution in [0.15, 0.2) is 24.3 Å². The number of benzene rings is 1. The van der Waals surface area contributed by atoms with E-state index in [0.717, 1.165) is 17.9 Å². The predicted molar refractivity (Wildman–Crippen MR) is 66.0 cm³/mol. The zero-order chi connectivity index (χ0) is 12.0. The molecule has 1 aromatic rings. The molecule has 0 fully saturated rings. The van der Waals surface area contributed by atoms with Crippen LogP contribution in [-0.2, 0) is 0 Å². The zero-order valence-electron chi connectivity index (χ0n) is 10.3. The summed E-state index contributed by atoms with van der Waals surface area (Å²) in [5, 5.41) is 0. The average Bonchev–Trinajstić information content (AvgIpc) is 2.27. The van der Waals surface area contributed by atoms with Crippen molar-refractivity contribution in [3.05, 3.63) is 29.8 Å². The molecule has 1 atom stereocenters. The van der Waals surface area contributed by atoms with E-state index in [1.807, 2.05) is 24.3 Å². The molecule has 1 rings (SSSR count). The van der Waals surface area contributed by atoms with Crippen molar-refractivity contribution in [3.8, 4) is 5.75 Å². The highest BCUT2D eigenvalue weighted by molar-refractivity contribution is 5.94. The molecule has 1 aromatic carbocycles. The summed E-state index contributed by atoms with van der Waals surface area (Å²) in [6.07, 6.45) is 2.37. The first kappa shape index (κ1) is 12.8. The third-order valence-corrected chi connectivity index (χ3v) is 2.58. The SMILES string of the molecule is CCCC(C)COc1ccc(C(C)=O)cc1. The van der Waals surface area contributed by atoms with E-state index in [1.165, 1.54) is 12.8 Å². The lowest BCUT2D eigenvalue weighted by Gasteiger charge is -2.12. The molecule has 16 heavy (non-hydrogen) atoms. The van der Waals surface area contributed by atoms with Gasteiger partial charge in [-0.15, -0.1) is 0 Å². The number of ketones is 1. The summed E-state index contributed by atoms with van der Waals surface area (Å²) in [4.78, 5) is 11.1. The summed E-state index contributed by atoms with van der Waals surface area (Å²) in [7, 11) is 0. The molecule has 0 aromatic heterocycles. The minimum atomic E-state index is 0.0888. The van der Waals surface area contributed by atoms with Crippen molar-refractivity contribution in [2.24, 2.45) is 5.92 Å². The van der Waals surface area contributed by atoms with Crippen LogP contribution in [0, 0.1) is 5.92 Å². The second kappa shape index (κ2) is 6.31. The smallest absolute Gasteiger partial charge is 0.159 e. The molecule has 1 unspecified atom stereocenters. The molecule has 0 radical (unpaired) electrons. The maximum atomic E-state index is 11.1. The quantitative estimate of drug-likeness (QED) is 0.683. The van der Waals surface area contributed by atoms with Crippen LogP contribution in [-0.4, -0.2) is 12.4 Å². The third kappa shape index (κ3) is 4.05. The Morgan fingerprint density at radius 2 is 1.94 bits per heavy atom. The van der Waals surface area contributed by atoms with Crippen molar-refractivity contribution < 1.29 is 9.53 Å². The normalized spacial score (nSPS) is 12.2. The third-order valence-electron chi connectivity index (χ3n) is 2.58. The summed E-state index contributed by atoms with van der Waals surface area (Å²) < 4.78 is 5.64. The van der Waals surface area contributed by atoms with Gasteiger partial charge in [0.05, 0.1) is 6.61 Å². The van der Waals surface area contributed by atoms with Gasteiger partial charge in [0.15, 0.2) is 5.78 Å². The van der Waals surface area contributed by atoms with Crippen LogP contribution in [0.3, 0.4) is 0 Å². The summed E-state index contributed by atoms with van der Waals surface area (Å²) in [5.74, 6) is 1.51. The first-order valence-corrected chi connectivity index (χ1v) is 5.87. The van der Waals surface area contributed by atoms with E-state index in [2.05, 4.69) is 13.8 Å². The van der Waals surface area contributed by atoms with E-state index in [4.69, 9.17) is 4.74 Å². The number of carbonyl (C=O) groups is 1. The van der Waals surface area contributed by atoms with Gasteiger partial charge in [0.2, 0.25) is 0 Å². The fourth-order valence-electron chi connectivity index (χ4n) is 1.60. The second-order valence-electron chi connectivity index (χ2n) is 4.29. The van der Waals surface area contributed by atoms with Crippen molar-refractivity contribution in [2.45, 2.75) is 33.6 Å².